The van der Waals surface area contributed by atoms with Gasteiger partial charge in [0.25, 0.3) is 0 Å². The quantitative estimate of drug-likeness (QED) is 0.520. The van der Waals surface area contributed by atoms with E-state index in [0.717, 1.165) is 29.1 Å². The number of carbonyl (C=O) groups is 2. The van der Waals surface area contributed by atoms with Crippen LogP contribution >= 0.6 is 11.8 Å². The number of thioether (sulfide) groups is 1. The van der Waals surface area contributed by atoms with Gasteiger partial charge in [-0.2, -0.15) is 0 Å². The van der Waals surface area contributed by atoms with Crippen molar-refractivity contribution in [2.45, 2.75) is 33.3 Å². The molecule has 1 saturated heterocycles. The summed E-state index contributed by atoms with van der Waals surface area (Å²) in [6.07, 6.45) is 5.17. The van der Waals surface area contributed by atoms with Crippen molar-refractivity contribution in [3.63, 3.8) is 0 Å². The second kappa shape index (κ2) is 7.63. The molecule has 2 fully saturated rings. The molecule has 5 heteroatoms. The highest BCUT2D eigenvalue weighted by Gasteiger charge is 2.61. The van der Waals surface area contributed by atoms with E-state index < -0.39 is 0 Å². The van der Waals surface area contributed by atoms with E-state index in [1.54, 1.807) is 6.26 Å². The Balaban J connectivity index is 1.33. The molecule has 1 aliphatic heterocycles. The van der Waals surface area contributed by atoms with Crippen molar-refractivity contribution in [1.29, 1.82) is 0 Å². The Kier molecular flexibility index (Phi) is 5.19. The minimum Gasteiger partial charge on any atom is -0.469 e. The van der Waals surface area contributed by atoms with Crippen LogP contribution in [0, 0.1) is 17.3 Å². The number of rotatable bonds is 6. The molecule has 0 N–H and O–H groups in total. The summed E-state index contributed by atoms with van der Waals surface area (Å²) in [5, 5.41) is 0.152. The van der Waals surface area contributed by atoms with Gasteiger partial charge in [0.1, 0.15) is 12.4 Å². The number of esters is 1. The molecule has 2 unspecified atom stereocenters. The van der Waals surface area contributed by atoms with Gasteiger partial charge < -0.3 is 9.15 Å². The summed E-state index contributed by atoms with van der Waals surface area (Å²) in [7, 11) is 0. The van der Waals surface area contributed by atoms with Crippen LogP contribution in [0.5, 0.6) is 0 Å². The number of allylic oxidation sites excluding steroid dienone is 1. The van der Waals surface area contributed by atoms with Crippen LogP contribution in [-0.4, -0.2) is 16.8 Å². The SMILES string of the molecule is CC1(C)C(/C=C2/CCSC2=O)C1C(=O)OCc1coc(Cc2ccccc2)c1. The van der Waals surface area contributed by atoms with Gasteiger partial charge in [-0.1, -0.05) is 62.0 Å². The van der Waals surface area contributed by atoms with Gasteiger partial charge in [0.15, 0.2) is 0 Å². The molecular formula is C23H24O4S. The number of furan rings is 1. The lowest BCUT2D eigenvalue weighted by molar-refractivity contribution is -0.147. The highest BCUT2D eigenvalue weighted by Crippen LogP contribution is 2.60. The molecule has 1 aliphatic carbocycles. The second-order valence-corrected chi connectivity index (χ2v) is 9.16. The molecule has 146 valence electrons. The first-order chi connectivity index (χ1) is 13.4. The average Bonchev–Trinajstić information content (AvgIpc) is 3.03. The van der Waals surface area contributed by atoms with E-state index in [1.165, 1.54) is 17.3 Å². The zero-order chi connectivity index (χ0) is 19.7. The Morgan fingerprint density at radius 2 is 2.07 bits per heavy atom. The third-order valence-electron chi connectivity index (χ3n) is 5.72. The lowest BCUT2D eigenvalue weighted by Gasteiger charge is -2.03. The highest BCUT2D eigenvalue weighted by atomic mass is 32.2. The predicted octanol–water partition coefficient (Wildman–Crippen LogP) is 4.78. The second-order valence-electron chi connectivity index (χ2n) is 8.09. The van der Waals surface area contributed by atoms with E-state index in [2.05, 4.69) is 26.0 Å². The number of benzene rings is 1. The molecule has 2 heterocycles. The Morgan fingerprint density at radius 1 is 1.29 bits per heavy atom. The first kappa shape index (κ1) is 19.1. The Labute approximate surface area is 169 Å². The molecule has 2 atom stereocenters. The van der Waals surface area contributed by atoms with Crippen LogP contribution < -0.4 is 0 Å². The third-order valence-corrected chi connectivity index (χ3v) is 6.66. The fourth-order valence-electron chi connectivity index (χ4n) is 3.89. The van der Waals surface area contributed by atoms with Gasteiger partial charge in [-0.05, 0) is 29.4 Å². The Hall–Kier alpha value is -2.27. The lowest BCUT2D eigenvalue weighted by atomic mass is 10.1. The minimum absolute atomic E-state index is 0.0793. The smallest absolute Gasteiger partial charge is 0.310 e. The van der Waals surface area contributed by atoms with Crippen molar-refractivity contribution in [2.75, 3.05) is 5.75 Å². The van der Waals surface area contributed by atoms with Crippen LogP contribution in [0.4, 0.5) is 0 Å². The largest absolute Gasteiger partial charge is 0.469 e. The molecule has 1 saturated carbocycles. The van der Waals surface area contributed by atoms with Crippen molar-refractivity contribution >= 4 is 22.8 Å². The van der Waals surface area contributed by atoms with E-state index in [0.29, 0.717) is 6.42 Å². The average molecular weight is 397 g/mol. The van der Waals surface area contributed by atoms with Gasteiger partial charge >= 0.3 is 5.97 Å². The van der Waals surface area contributed by atoms with Gasteiger partial charge in [0.2, 0.25) is 5.12 Å². The van der Waals surface area contributed by atoms with Crippen LogP contribution in [0.3, 0.4) is 0 Å². The van der Waals surface area contributed by atoms with Crippen LogP contribution in [-0.2, 0) is 27.4 Å². The topological polar surface area (TPSA) is 56.5 Å². The fraction of sp³-hybridized carbons (Fsp3) is 0.391. The van der Waals surface area contributed by atoms with E-state index in [-0.39, 0.29) is 34.9 Å². The predicted molar refractivity (Wildman–Crippen MR) is 109 cm³/mol. The molecule has 0 bridgehead atoms. The standard InChI is InChI=1S/C23H24O4S/c1-23(2)19(12-17-8-9-28-22(17)25)20(23)21(24)27-14-16-11-18(26-13-16)10-15-6-4-3-5-7-15/h3-7,11-13,19-20H,8-10,14H2,1-2H3/b17-12-. The summed E-state index contributed by atoms with van der Waals surface area (Å²) in [5.41, 5.74) is 2.73. The number of hydrogen-bond donors (Lipinski definition) is 0. The monoisotopic (exact) mass is 396 g/mol. The first-order valence-electron chi connectivity index (χ1n) is 9.60. The molecule has 0 spiro atoms. The zero-order valence-corrected chi connectivity index (χ0v) is 17.0. The van der Waals surface area contributed by atoms with E-state index in [9.17, 15) is 9.59 Å². The maximum Gasteiger partial charge on any atom is 0.310 e. The van der Waals surface area contributed by atoms with Gasteiger partial charge in [0.05, 0.1) is 12.2 Å². The van der Waals surface area contributed by atoms with Gasteiger partial charge in [-0.15, -0.1) is 0 Å². The van der Waals surface area contributed by atoms with Crippen LogP contribution in [0.25, 0.3) is 0 Å². The third kappa shape index (κ3) is 3.95. The van der Waals surface area contributed by atoms with Crippen molar-refractivity contribution in [3.05, 3.63) is 71.2 Å². The van der Waals surface area contributed by atoms with Crippen molar-refractivity contribution < 1.29 is 18.7 Å². The molecule has 4 nitrogen and oxygen atoms in total. The summed E-state index contributed by atoms with van der Waals surface area (Å²) in [5.74, 6) is 1.39. The van der Waals surface area contributed by atoms with Crippen LogP contribution in [0.15, 0.2) is 58.7 Å². The van der Waals surface area contributed by atoms with Crippen molar-refractivity contribution in [1.82, 2.24) is 0 Å². The highest BCUT2D eigenvalue weighted by molar-refractivity contribution is 8.14. The number of hydrogen-bond acceptors (Lipinski definition) is 5. The fourth-order valence-corrected chi connectivity index (χ4v) is 4.75. The maximum atomic E-state index is 12.6. The normalized spacial score (nSPS) is 24.5. The summed E-state index contributed by atoms with van der Waals surface area (Å²) < 4.78 is 11.2. The molecule has 2 aromatic rings. The van der Waals surface area contributed by atoms with E-state index >= 15 is 0 Å². The molecular weight excluding hydrogens is 372 g/mol. The molecule has 4 rings (SSSR count). The lowest BCUT2D eigenvalue weighted by Crippen LogP contribution is -2.10. The van der Waals surface area contributed by atoms with Crippen molar-refractivity contribution in [2.24, 2.45) is 17.3 Å². The molecule has 1 aromatic carbocycles. The van der Waals surface area contributed by atoms with E-state index in [4.69, 9.17) is 9.15 Å². The van der Waals surface area contributed by atoms with Crippen molar-refractivity contribution in [3.8, 4) is 0 Å². The Morgan fingerprint density at radius 3 is 2.79 bits per heavy atom. The summed E-state index contributed by atoms with van der Waals surface area (Å²) in [6.45, 7) is 4.33. The van der Waals surface area contributed by atoms with Gasteiger partial charge in [0, 0.05) is 23.3 Å². The van der Waals surface area contributed by atoms with Crippen LogP contribution in [0.1, 0.15) is 37.2 Å². The summed E-state index contributed by atoms with van der Waals surface area (Å²) in [6, 6.07) is 12.0. The molecule has 1 aromatic heterocycles. The summed E-state index contributed by atoms with van der Waals surface area (Å²) >= 11 is 1.36. The molecule has 2 aliphatic rings. The maximum absolute atomic E-state index is 12.6. The first-order valence-corrected chi connectivity index (χ1v) is 10.6. The minimum atomic E-state index is -0.198. The number of ether oxygens (including phenoxy) is 1. The summed E-state index contributed by atoms with van der Waals surface area (Å²) in [4.78, 5) is 24.4. The van der Waals surface area contributed by atoms with Gasteiger partial charge in [-0.3, -0.25) is 9.59 Å². The zero-order valence-electron chi connectivity index (χ0n) is 16.1. The molecule has 0 radical (unpaired) electrons. The van der Waals surface area contributed by atoms with Gasteiger partial charge in [-0.25, -0.2) is 0 Å². The Bertz CT molecular complexity index is 910. The van der Waals surface area contributed by atoms with E-state index in [1.807, 2.05) is 30.3 Å². The molecule has 28 heavy (non-hydrogen) atoms. The molecule has 0 amide bonds. The number of carbonyl (C=O) groups excluding carboxylic acids is 2. The van der Waals surface area contributed by atoms with Crippen LogP contribution in [0.2, 0.25) is 0 Å².